The fraction of sp³-hybridized carbons (Fsp3) is 0.793. The SMILES string of the molecule is CC=C[C@@H]1[C@H]2CC(=CCC(=O)C(C(=O)OC)C3CCC(CC)C3)C[C@@H]2C[C@H]1OC1CCCCO1. The maximum atomic E-state index is 13.2. The summed E-state index contributed by atoms with van der Waals surface area (Å²) in [5, 5.41) is 0. The Morgan fingerprint density at radius 3 is 2.68 bits per heavy atom. The van der Waals surface area contributed by atoms with Crippen molar-refractivity contribution in [3.8, 4) is 0 Å². The molecule has 8 atom stereocenters. The quantitative estimate of drug-likeness (QED) is 0.233. The van der Waals surface area contributed by atoms with E-state index in [4.69, 9.17) is 14.2 Å². The fourth-order valence-corrected chi connectivity index (χ4v) is 7.17. The summed E-state index contributed by atoms with van der Waals surface area (Å²) in [6.07, 6.45) is 17.8. The van der Waals surface area contributed by atoms with E-state index in [1.54, 1.807) is 0 Å². The van der Waals surface area contributed by atoms with Crippen LogP contribution in [0.25, 0.3) is 0 Å². The molecule has 1 aliphatic heterocycles. The summed E-state index contributed by atoms with van der Waals surface area (Å²) in [6, 6.07) is 0. The number of ether oxygens (including phenoxy) is 3. The van der Waals surface area contributed by atoms with Crippen LogP contribution in [-0.2, 0) is 23.8 Å². The van der Waals surface area contributed by atoms with Crippen molar-refractivity contribution in [1.82, 2.24) is 0 Å². The number of hydrogen-bond acceptors (Lipinski definition) is 5. The zero-order chi connectivity index (χ0) is 24.1. The van der Waals surface area contributed by atoms with E-state index in [1.807, 2.05) is 0 Å². The van der Waals surface area contributed by atoms with Gasteiger partial charge >= 0.3 is 5.97 Å². The van der Waals surface area contributed by atoms with Gasteiger partial charge in [-0.1, -0.05) is 43.6 Å². The van der Waals surface area contributed by atoms with Crippen LogP contribution in [0.4, 0.5) is 0 Å². The van der Waals surface area contributed by atoms with Crippen LogP contribution in [0.1, 0.15) is 84.5 Å². The molecule has 3 saturated carbocycles. The second-order valence-electron chi connectivity index (χ2n) is 11.0. The van der Waals surface area contributed by atoms with Crippen molar-refractivity contribution in [3.05, 3.63) is 23.8 Å². The van der Waals surface area contributed by atoms with E-state index in [2.05, 4.69) is 32.1 Å². The van der Waals surface area contributed by atoms with Gasteiger partial charge in [-0.3, -0.25) is 9.59 Å². The van der Waals surface area contributed by atoms with Crippen molar-refractivity contribution >= 4 is 11.8 Å². The van der Waals surface area contributed by atoms with Gasteiger partial charge in [-0.2, -0.15) is 0 Å². The largest absolute Gasteiger partial charge is 0.468 e. The lowest BCUT2D eigenvalue weighted by Crippen LogP contribution is -2.31. The summed E-state index contributed by atoms with van der Waals surface area (Å²) < 4.78 is 17.3. The monoisotopic (exact) mass is 472 g/mol. The first-order valence-corrected chi connectivity index (χ1v) is 13.7. The van der Waals surface area contributed by atoms with Crippen molar-refractivity contribution < 1.29 is 23.8 Å². The Kier molecular flexibility index (Phi) is 9.03. The maximum Gasteiger partial charge on any atom is 0.316 e. The summed E-state index contributed by atoms with van der Waals surface area (Å²) in [4.78, 5) is 25.7. The normalized spacial score (nSPS) is 37.9. The highest BCUT2D eigenvalue weighted by Crippen LogP contribution is 2.52. The standard InChI is InChI=1S/C29H44O5/c1-4-8-23-24-17-20(16-22(24)18-26(23)34-27-9-6-7-14-33-27)11-13-25(30)28(29(31)32-3)21-12-10-19(5-2)15-21/h4,8,11,19,21-24,26-28H,5-7,9-10,12-18H2,1-3H3/t19?,21?,22-,23-,24+,26-,27?,28?/m1/s1. The number of hydrogen-bond donors (Lipinski definition) is 0. The van der Waals surface area contributed by atoms with E-state index in [9.17, 15) is 9.59 Å². The molecule has 5 nitrogen and oxygen atoms in total. The molecule has 0 amide bonds. The Bertz CT molecular complexity index is 764. The maximum absolute atomic E-state index is 13.2. The molecule has 0 aromatic heterocycles. The van der Waals surface area contributed by atoms with Crippen LogP contribution in [0.5, 0.6) is 0 Å². The van der Waals surface area contributed by atoms with Crippen LogP contribution in [-0.4, -0.2) is 37.9 Å². The molecule has 3 aliphatic carbocycles. The van der Waals surface area contributed by atoms with Gasteiger partial charge < -0.3 is 14.2 Å². The molecule has 0 aromatic rings. The second kappa shape index (κ2) is 12.0. The molecule has 0 bridgehead atoms. The first-order valence-electron chi connectivity index (χ1n) is 13.7. The van der Waals surface area contributed by atoms with Crippen molar-refractivity contribution in [2.24, 2.45) is 35.5 Å². The highest BCUT2D eigenvalue weighted by Gasteiger charge is 2.47. The Morgan fingerprint density at radius 2 is 2.00 bits per heavy atom. The van der Waals surface area contributed by atoms with E-state index in [0.29, 0.717) is 30.1 Å². The average molecular weight is 473 g/mol. The van der Waals surface area contributed by atoms with Crippen molar-refractivity contribution in [1.29, 1.82) is 0 Å². The van der Waals surface area contributed by atoms with Gasteiger partial charge in [0, 0.05) is 18.9 Å². The number of esters is 1. The number of ketones is 1. The number of Topliss-reactive ketones (excluding diaryl/α,β-unsaturated/α-hetero) is 1. The highest BCUT2D eigenvalue weighted by molar-refractivity contribution is 6.00. The van der Waals surface area contributed by atoms with Crippen molar-refractivity contribution in [2.45, 2.75) is 96.9 Å². The summed E-state index contributed by atoms with van der Waals surface area (Å²) in [7, 11) is 1.41. The Labute approximate surface area is 205 Å². The third-order valence-corrected chi connectivity index (χ3v) is 8.99. The molecule has 1 heterocycles. The van der Waals surface area contributed by atoms with Crippen molar-refractivity contribution in [3.63, 3.8) is 0 Å². The minimum atomic E-state index is -0.594. The number of allylic oxidation sites excluding steroid dienone is 3. The number of methoxy groups -OCH3 is 1. The molecule has 4 rings (SSSR count). The highest BCUT2D eigenvalue weighted by atomic mass is 16.7. The van der Waals surface area contributed by atoms with Crippen LogP contribution < -0.4 is 0 Å². The molecule has 4 unspecified atom stereocenters. The zero-order valence-electron chi connectivity index (χ0n) is 21.4. The predicted molar refractivity (Wildman–Crippen MR) is 132 cm³/mol. The number of rotatable bonds is 9. The molecule has 1 saturated heterocycles. The van der Waals surface area contributed by atoms with Crippen LogP contribution in [0.15, 0.2) is 23.8 Å². The molecule has 0 radical (unpaired) electrons. The van der Waals surface area contributed by atoms with Crippen LogP contribution in [0.2, 0.25) is 0 Å². The predicted octanol–water partition coefficient (Wildman–Crippen LogP) is 6.02. The molecular formula is C29H44O5. The lowest BCUT2D eigenvalue weighted by atomic mass is 9.84. The van der Waals surface area contributed by atoms with Gasteiger partial charge in [0.05, 0.1) is 13.2 Å². The lowest BCUT2D eigenvalue weighted by Gasteiger charge is -2.29. The van der Waals surface area contributed by atoms with Gasteiger partial charge in [-0.25, -0.2) is 0 Å². The van der Waals surface area contributed by atoms with E-state index in [1.165, 1.54) is 19.1 Å². The number of carbonyl (C=O) groups is 2. The van der Waals surface area contributed by atoms with Gasteiger partial charge in [0.2, 0.25) is 0 Å². The van der Waals surface area contributed by atoms with Gasteiger partial charge in [0.25, 0.3) is 0 Å². The molecule has 4 fully saturated rings. The summed E-state index contributed by atoms with van der Waals surface area (Å²) >= 11 is 0. The van der Waals surface area contributed by atoms with Gasteiger partial charge in [0.1, 0.15) is 5.92 Å². The van der Waals surface area contributed by atoms with E-state index in [0.717, 1.165) is 64.4 Å². The summed E-state index contributed by atoms with van der Waals surface area (Å²) in [5.74, 6) is 1.47. The smallest absolute Gasteiger partial charge is 0.316 e. The molecule has 0 aromatic carbocycles. The number of carbonyl (C=O) groups excluding carboxylic acids is 2. The Morgan fingerprint density at radius 1 is 1.15 bits per heavy atom. The first-order chi connectivity index (χ1) is 16.5. The first kappa shape index (κ1) is 25.6. The van der Waals surface area contributed by atoms with E-state index >= 15 is 0 Å². The minimum absolute atomic E-state index is 0.0406. The lowest BCUT2D eigenvalue weighted by molar-refractivity contribution is -0.193. The third kappa shape index (κ3) is 5.84. The molecule has 34 heavy (non-hydrogen) atoms. The molecule has 4 aliphatic rings. The molecule has 0 N–H and O–H groups in total. The molecule has 190 valence electrons. The summed E-state index contributed by atoms with van der Waals surface area (Å²) in [5.41, 5.74) is 1.38. The third-order valence-electron chi connectivity index (χ3n) is 8.99. The molecule has 0 spiro atoms. The topological polar surface area (TPSA) is 61.8 Å². The Balaban J connectivity index is 1.36. The average Bonchev–Trinajstić information content (AvgIpc) is 3.55. The summed E-state index contributed by atoms with van der Waals surface area (Å²) in [6.45, 7) is 5.10. The van der Waals surface area contributed by atoms with Gasteiger partial charge in [0.15, 0.2) is 12.1 Å². The van der Waals surface area contributed by atoms with E-state index < -0.39 is 5.92 Å². The number of fused-ring (bicyclic) bond motifs is 1. The van der Waals surface area contributed by atoms with Crippen molar-refractivity contribution in [2.75, 3.05) is 13.7 Å². The van der Waals surface area contributed by atoms with Gasteiger partial charge in [-0.15, -0.1) is 0 Å². The van der Waals surface area contributed by atoms with Crippen LogP contribution >= 0.6 is 0 Å². The van der Waals surface area contributed by atoms with Crippen LogP contribution in [0, 0.1) is 35.5 Å². The Hall–Kier alpha value is -1.46. The zero-order valence-corrected chi connectivity index (χ0v) is 21.4. The fourth-order valence-electron chi connectivity index (χ4n) is 7.17. The second-order valence-corrected chi connectivity index (χ2v) is 11.0. The van der Waals surface area contributed by atoms with Gasteiger partial charge in [-0.05, 0) is 82.0 Å². The molecule has 5 heteroatoms. The van der Waals surface area contributed by atoms with Crippen LogP contribution in [0.3, 0.4) is 0 Å². The molecular weight excluding hydrogens is 428 g/mol. The van der Waals surface area contributed by atoms with E-state index in [-0.39, 0.29) is 30.1 Å². The minimum Gasteiger partial charge on any atom is -0.468 e.